The van der Waals surface area contributed by atoms with E-state index in [1.165, 1.54) is 0 Å². The maximum absolute atomic E-state index is 12.2. The molecule has 1 amide bonds. The van der Waals surface area contributed by atoms with Gasteiger partial charge in [0.2, 0.25) is 0 Å². The third-order valence-corrected chi connectivity index (χ3v) is 2.95. The SMILES string of the molecule is CCCOc1ccc(C(=O)OCC(=O)NC(C)(C)C)cc1OCCC. The van der Waals surface area contributed by atoms with Crippen LogP contribution in [0.3, 0.4) is 0 Å². The molecule has 0 spiro atoms. The second-order valence-corrected chi connectivity index (χ2v) is 6.73. The zero-order valence-corrected chi connectivity index (χ0v) is 15.8. The molecule has 140 valence electrons. The third-order valence-electron chi connectivity index (χ3n) is 2.95. The molecular formula is C19H29NO5. The summed E-state index contributed by atoms with van der Waals surface area (Å²) in [7, 11) is 0. The summed E-state index contributed by atoms with van der Waals surface area (Å²) in [6, 6.07) is 4.88. The fourth-order valence-corrected chi connectivity index (χ4v) is 1.96. The number of ether oxygens (including phenoxy) is 3. The van der Waals surface area contributed by atoms with Crippen LogP contribution in [0.5, 0.6) is 11.5 Å². The van der Waals surface area contributed by atoms with Crippen LogP contribution in [0.25, 0.3) is 0 Å². The Morgan fingerprint density at radius 3 is 2.16 bits per heavy atom. The molecule has 1 rings (SSSR count). The monoisotopic (exact) mass is 351 g/mol. The highest BCUT2D eigenvalue weighted by Gasteiger charge is 2.17. The van der Waals surface area contributed by atoms with Gasteiger partial charge in [0.25, 0.3) is 5.91 Å². The van der Waals surface area contributed by atoms with Crippen LogP contribution >= 0.6 is 0 Å². The van der Waals surface area contributed by atoms with Gasteiger partial charge in [0.1, 0.15) is 0 Å². The van der Waals surface area contributed by atoms with Gasteiger partial charge in [-0.25, -0.2) is 4.79 Å². The molecule has 0 unspecified atom stereocenters. The maximum Gasteiger partial charge on any atom is 0.338 e. The van der Waals surface area contributed by atoms with Crippen LogP contribution in [-0.2, 0) is 9.53 Å². The first-order valence-corrected chi connectivity index (χ1v) is 8.64. The zero-order valence-electron chi connectivity index (χ0n) is 15.8. The van der Waals surface area contributed by atoms with Gasteiger partial charge in [-0.15, -0.1) is 0 Å². The summed E-state index contributed by atoms with van der Waals surface area (Å²) in [6.45, 7) is 10.4. The van der Waals surface area contributed by atoms with Gasteiger partial charge in [-0.3, -0.25) is 4.79 Å². The van der Waals surface area contributed by atoms with Crippen LogP contribution in [0.2, 0.25) is 0 Å². The maximum atomic E-state index is 12.2. The van der Waals surface area contributed by atoms with Crippen LogP contribution in [0, 0.1) is 0 Å². The van der Waals surface area contributed by atoms with Crippen molar-refractivity contribution in [2.75, 3.05) is 19.8 Å². The molecule has 0 aliphatic carbocycles. The second kappa shape index (κ2) is 9.91. The molecule has 6 nitrogen and oxygen atoms in total. The number of hydrogen-bond donors (Lipinski definition) is 1. The number of benzene rings is 1. The topological polar surface area (TPSA) is 73.9 Å². The molecule has 0 bridgehead atoms. The minimum atomic E-state index is -0.576. The number of nitrogens with one attached hydrogen (secondary N) is 1. The minimum absolute atomic E-state index is 0.318. The Morgan fingerprint density at radius 2 is 1.60 bits per heavy atom. The van der Waals surface area contributed by atoms with Gasteiger partial charge >= 0.3 is 5.97 Å². The average molecular weight is 351 g/mol. The third kappa shape index (κ3) is 7.92. The Bertz CT molecular complexity index is 578. The summed E-state index contributed by atoms with van der Waals surface area (Å²) in [4.78, 5) is 23.9. The standard InChI is InChI=1S/C19H29NO5/c1-6-10-23-15-9-8-14(12-16(15)24-11-7-2)18(22)25-13-17(21)20-19(3,4)5/h8-9,12H,6-7,10-11,13H2,1-5H3,(H,20,21). The Kier molecular flexibility index (Phi) is 8.25. The molecule has 0 atom stereocenters. The van der Waals surface area contributed by atoms with Crippen molar-refractivity contribution in [3.05, 3.63) is 23.8 Å². The normalized spacial score (nSPS) is 10.9. The predicted molar refractivity (Wildman–Crippen MR) is 96.2 cm³/mol. The van der Waals surface area contributed by atoms with E-state index in [0.29, 0.717) is 30.3 Å². The quantitative estimate of drug-likeness (QED) is 0.691. The number of rotatable bonds is 9. The van der Waals surface area contributed by atoms with Crippen molar-refractivity contribution in [1.82, 2.24) is 5.32 Å². The van der Waals surface area contributed by atoms with E-state index >= 15 is 0 Å². The smallest absolute Gasteiger partial charge is 0.338 e. The first kappa shape index (κ1) is 20.8. The van der Waals surface area contributed by atoms with Crippen molar-refractivity contribution in [1.29, 1.82) is 0 Å². The van der Waals surface area contributed by atoms with Gasteiger partial charge in [-0.1, -0.05) is 13.8 Å². The summed E-state index contributed by atoms with van der Waals surface area (Å²) >= 11 is 0. The molecule has 0 radical (unpaired) electrons. The van der Waals surface area contributed by atoms with Gasteiger partial charge < -0.3 is 19.5 Å². The van der Waals surface area contributed by atoms with Crippen molar-refractivity contribution in [2.45, 2.75) is 53.0 Å². The van der Waals surface area contributed by atoms with E-state index in [4.69, 9.17) is 14.2 Å². The molecule has 0 saturated carbocycles. The number of amides is 1. The van der Waals surface area contributed by atoms with Crippen molar-refractivity contribution in [2.24, 2.45) is 0 Å². The first-order valence-electron chi connectivity index (χ1n) is 8.64. The van der Waals surface area contributed by atoms with Crippen LogP contribution in [0.15, 0.2) is 18.2 Å². The molecule has 0 heterocycles. The summed E-state index contributed by atoms with van der Waals surface area (Å²) in [6.07, 6.45) is 1.72. The highest BCUT2D eigenvalue weighted by atomic mass is 16.5. The lowest BCUT2D eigenvalue weighted by Gasteiger charge is -2.20. The van der Waals surface area contributed by atoms with Gasteiger partial charge in [-0.05, 0) is 51.8 Å². The number of carbonyl (C=O) groups is 2. The molecule has 25 heavy (non-hydrogen) atoms. The van der Waals surface area contributed by atoms with E-state index in [1.54, 1.807) is 18.2 Å². The van der Waals surface area contributed by atoms with Crippen LogP contribution in [0.4, 0.5) is 0 Å². The van der Waals surface area contributed by atoms with Crippen molar-refractivity contribution < 1.29 is 23.8 Å². The lowest BCUT2D eigenvalue weighted by Crippen LogP contribution is -2.42. The van der Waals surface area contributed by atoms with E-state index in [9.17, 15) is 9.59 Å². The fraction of sp³-hybridized carbons (Fsp3) is 0.579. The van der Waals surface area contributed by atoms with E-state index < -0.39 is 5.97 Å². The highest BCUT2D eigenvalue weighted by Crippen LogP contribution is 2.29. The summed E-state index contributed by atoms with van der Waals surface area (Å²) in [5.41, 5.74) is -0.0540. The summed E-state index contributed by atoms with van der Waals surface area (Å²) in [5, 5.41) is 2.74. The van der Waals surface area contributed by atoms with Crippen molar-refractivity contribution in [3.8, 4) is 11.5 Å². The van der Waals surface area contributed by atoms with Gasteiger partial charge in [-0.2, -0.15) is 0 Å². The van der Waals surface area contributed by atoms with Gasteiger partial charge in [0, 0.05) is 5.54 Å². The minimum Gasteiger partial charge on any atom is -0.490 e. The Labute approximate surface area is 149 Å². The molecule has 0 aliphatic rings. The summed E-state index contributed by atoms with van der Waals surface area (Å²) in [5.74, 6) is 0.180. The van der Waals surface area contributed by atoms with Crippen LogP contribution < -0.4 is 14.8 Å². The largest absolute Gasteiger partial charge is 0.490 e. The van der Waals surface area contributed by atoms with Gasteiger partial charge in [0.15, 0.2) is 18.1 Å². The lowest BCUT2D eigenvalue weighted by molar-refractivity contribution is -0.125. The Balaban J connectivity index is 2.75. The molecule has 1 N–H and O–H groups in total. The molecule has 6 heteroatoms. The number of esters is 1. The van der Waals surface area contributed by atoms with Crippen LogP contribution in [-0.4, -0.2) is 37.2 Å². The molecule has 0 aliphatic heterocycles. The molecular weight excluding hydrogens is 322 g/mol. The Hall–Kier alpha value is -2.24. The number of carbonyl (C=O) groups excluding carboxylic acids is 2. The zero-order chi connectivity index (χ0) is 18.9. The Morgan fingerprint density at radius 1 is 1.00 bits per heavy atom. The number of hydrogen-bond acceptors (Lipinski definition) is 5. The van der Waals surface area contributed by atoms with E-state index in [2.05, 4.69) is 5.32 Å². The molecule has 0 saturated heterocycles. The van der Waals surface area contributed by atoms with E-state index in [0.717, 1.165) is 12.8 Å². The molecule has 0 fully saturated rings. The van der Waals surface area contributed by atoms with E-state index in [-0.39, 0.29) is 18.1 Å². The van der Waals surface area contributed by atoms with Gasteiger partial charge in [0.05, 0.1) is 18.8 Å². The summed E-state index contributed by atoms with van der Waals surface area (Å²) < 4.78 is 16.4. The molecule has 1 aromatic rings. The first-order chi connectivity index (χ1) is 11.8. The van der Waals surface area contributed by atoms with E-state index in [1.807, 2.05) is 34.6 Å². The second-order valence-electron chi connectivity index (χ2n) is 6.73. The lowest BCUT2D eigenvalue weighted by atomic mass is 10.1. The highest BCUT2D eigenvalue weighted by molar-refractivity contribution is 5.92. The fourth-order valence-electron chi connectivity index (χ4n) is 1.96. The van der Waals surface area contributed by atoms with Crippen LogP contribution in [0.1, 0.15) is 57.8 Å². The average Bonchev–Trinajstić information content (AvgIpc) is 2.54. The van der Waals surface area contributed by atoms with Crippen molar-refractivity contribution in [3.63, 3.8) is 0 Å². The molecule has 1 aromatic carbocycles. The van der Waals surface area contributed by atoms with Crippen molar-refractivity contribution >= 4 is 11.9 Å². The molecule has 0 aromatic heterocycles. The predicted octanol–water partition coefficient (Wildman–Crippen LogP) is 3.34.